The van der Waals surface area contributed by atoms with Gasteiger partial charge >= 0.3 is 12.4 Å². The number of nitrogens with two attached hydrogens (primary N) is 1. The van der Waals surface area contributed by atoms with Gasteiger partial charge in [0.1, 0.15) is 5.54 Å². The van der Waals surface area contributed by atoms with Crippen molar-refractivity contribution in [1.29, 1.82) is 5.26 Å². The summed E-state index contributed by atoms with van der Waals surface area (Å²) in [4.78, 5) is 0. The first-order valence-electron chi connectivity index (χ1n) is 4.35. The monoisotopic (exact) mass is 264 g/mol. The van der Waals surface area contributed by atoms with Gasteiger partial charge in [0.25, 0.3) is 0 Å². The van der Waals surface area contributed by atoms with Crippen LogP contribution in [0, 0.1) is 11.3 Å². The highest BCUT2D eigenvalue weighted by atomic mass is 19.4. The van der Waals surface area contributed by atoms with E-state index in [1.54, 1.807) is 0 Å². The van der Waals surface area contributed by atoms with E-state index in [1.807, 2.05) is 0 Å². The SMILES string of the molecule is CC(N)(C#N)CCOC(C(F)(F)F)C(F)(F)F. The zero-order chi connectivity index (χ0) is 13.9. The molecule has 17 heavy (non-hydrogen) atoms. The second-order valence-corrected chi connectivity index (χ2v) is 3.61. The van der Waals surface area contributed by atoms with Crippen LogP contribution in [0.25, 0.3) is 0 Å². The molecular weight excluding hydrogens is 254 g/mol. The molecule has 0 aromatic heterocycles. The molecule has 100 valence electrons. The maximum atomic E-state index is 12.0. The predicted octanol–water partition coefficient (Wildman–Crippen LogP) is 2.13. The molecule has 0 aromatic carbocycles. The van der Waals surface area contributed by atoms with Crippen LogP contribution < -0.4 is 5.73 Å². The summed E-state index contributed by atoms with van der Waals surface area (Å²) < 4.78 is 75.6. The molecule has 0 aliphatic carbocycles. The van der Waals surface area contributed by atoms with Gasteiger partial charge in [-0.15, -0.1) is 0 Å². The highest BCUT2D eigenvalue weighted by Crippen LogP contribution is 2.35. The predicted molar refractivity (Wildman–Crippen MR) is 44.7 cm³/mol. The van der Waals surface area contributed by atoms with E-state index in [4.69, 9.17) is 11.0 Å². The van der Waals surface area contributed by atoms with Gasteiger partial charge in [-0.2, -0.15) is 31.6 Å². The summed E-state index contributed by atoms with van der Waals surface area (Å²) in [6.45, 7) is 0.261. The molecule has 9 heteroatoms. The van der Waals surface area contributed by atoms with Gasteiger partial charge in [-0.05, 0) is 6.92 Å². The van der Waals surface area contributed by atoms with Crippen molar-refractivity contribution in [3.05, 3.63) is 0 Å². The van der Waals surface area contributed by atoms with Gasteiger partial charge in [0.2, 0.25) is 6.10 Å². The van der Waals surface area contributed by atoms with E-state index >= 15 is 0 Å². The lowest BCUT2D eigenvalue weighted by Gasteiger charge is -2.24. The van der Waals surface area contributed by atoms with Crippen molar-refractivity contribution in [3.63, 3.8) is 0 Å². The second-order valence-electron chi connectivity index (χ2n) is 3.61. The fraction of sp³-hybridized carbons (Fsp3) is 0.875. The quantitative estimate of drug-likeness (QED) is 0.791. The number of hydrogen-bond donors (Lipinski definition) is 1. The standard InChI is InChI=1S/C8H10F6N2O/c1-6(16,4-15)2-3-17-5(7(9,10)11)8(12,13)14/h5H,2-3,16H2,1H3. The number of nitriles is 1. The van der Waals surface area contributed by atoms with Crippen molar-refractivity contribution in [3.8, 4) is 6.07 Å². The maximum absolute atomic E-state index is 12.0. The smallest absolute Gasteiger partial charge is 0.361 e. The normalized spacial score (nSPS) is 16.7. The average Bonchev–Trinajstić information content (AvgIpc) is 2.08. The molecule has 1 atom stereocenters. The van der Waals surface area contributed by atoms with Crippen LogP contribution in [0.5, 0.6) is 0 Å². The number of nitrogens with zero attached hydrogens (tertiary/aromatic N) is 1. The van der Waals surface area contributed by atoms with Crippen molar-refractivity contribution in [2.75, 3.05) is 6.61 Å². The minimum atomic E-state index is -5.55. The molecule has 3 nitrogen and oxygen atoms in total. The van der Waals surface area contributed by atoms with Gasteiger partial charge in [-0.3, -0.25) is 0 Å². The van der Waals surface area contributed by atoms with Crippen molar-refractivity contribution >= 4 is 0 Å². The van der Waals surface area contributed by atoms with E-state index in [1.165, 1.54) is 13.0 Å². The van der Waals surface area contributed by atoms with Gasteiger partial charge in [0.05, 0.1) is 12.7 Å². The summed E-state index contributed by atoms with van der Waals surface area (Å²) in [6, 6.07) is 1.53. The number of hydrogen-bond acceptors (Lipinski definition) is 3. The number of ether oxygens (including phenoxy) is 1. The Morgan fingerprint density at radius 1 is 1.18 bits per heavy atom. The van der Waals surface area contributed by atoms with Gasteiger partial charge in [-0.25, -0.2) is 0 Å². The van der Waals surface area contributed by atoms with Crippen molar-refractivity contribution < 1.29 is 31.1 Å². The Hall–Kier alpha value is -1.01. The topological polar surface area (TPSA) is 59.0 Å². The Bertz CT molecular complexity index is 276. The molecule has 0 bridgehead atoms. The zero-order valence-corrected chi connectivity index (χ0v) is 8.69. The number of rotatable bonds is 4. The van der Waals surface area contributed by atoms with Gasteiger partial charge in [-0.1, -0.05) is 0 Å². The Kier molecular flexibility index (Phi) is 4.79. The lowest BCUT2D eigenvalue weighted by molar-refractivity contribution is -0.322. The molecule has 0 saturated heterocycles. The Labute approximate surface area is 93.1 Å². The van der Waals surface area contributed by atoms with E-state index in [-0.39, 0.29) is 0 Å². The maximum Gasteiger partial charge on any atom is 0.423 e. The minimum Gasteiger partial charge on any atom is -0.361 e. The fourth-order valence-corrected chi connectivity index (χ4v) is 0.819. The third kappa shape index (κ3) is 5.74. The molecule has 0 aliphatic heterocycles. The van der Waals surface area contributed by atoms with E-state index < -0.39 is 37.0 Å². The van der Waals surface area contributed by atoms with E-state index in [2.05, 4.69) is 4.74 Å². The summed E-state index contributed by atoms with van der Waals surface area (Å²) in [6.07, 6.45) is -15.4. The molecule has 0 fully saturated rings. The Morgan fingerprint density at radius 3 is 1.88 bits per heavy atom. The first-order valence-corrected chi connectivity index (χ1v) is 4.35. The molecule has 1 unspecified atom stereocenters. The summed E-state index contributed by atoms with van der Waals surface area (Å²) in [5.74, 6) is 0. The average molecular weight is 264 g/mol. The van der Waals surface area contributed by atoms with Gasteiger partial charge < -0.3 is 10.5 Å². The summed E-state index contributed by atoms with van der Waals surface area (Å²) >= 11 is 0. The minimum absolute atomic E-state index is 0.438. The van der Waals surface area contributed by atoms with Crippen LogP contribution in [0.15, 0.2) is 0 Å². The molecule has 0 aliphatic rings. The Morgan fingerprint density at radius 2 is 1.59 bits per heavy atom. The van der Waals surface area contributed by atoms with Crippen molar-refractivity contribution in [1.82, 2.24) is 0 Å². The van der Waals surface area contributed by atoms with Crippen LogP contribution in [0.1, 0.15) is 13.3 Å². The fourth-order valence-electron chi connectivity index (χ4n) is 0.819. The third-order valence-electron chi connectivity index (χ3n) is 1.76. The lowest BCUT2D eigenvalue weighted by Crippen LogP contribution is -2.45. The highest BCUT2D eigenvalue weighted by molar-refractivity contribution is 5.00. The molecule has 0 radical (unpaired) electrons. The molecule has 0 spiro atoms. The first-order chi connectivity index (χ1) is 7.40. The lowest BCUT2D eigenvalue weighted by atomic mass is 10.0. The molecule has 0 aromatic rings. The van der Waals surface area contributed by atoms with Gasteiger partial charge in [0.15, 0.2) is 0 Å². The molecule has 0 amide bonds. The van der Waals surface area contributed by atoms with E-state index in [0.717, 1.165) is 0 Å². The summed E-state index contributed by atoms with van der Waals surface area (Å²) in [7, 11) is 0. The van der Waals surface area contributed by atoms with Crippen LogP contribution >= 0.6 is 0 Å². The van der Waals surface area contributed by atoms with Crippen molar-refractivity contribution in [2.45, 2.75) is 37.3 Å². The van der Waals surface area contributed by atoms with Crippen LogP contribution in [0.3, 0.4) is 0 Å². The van der Waals surface area contributed by atoms with Crippen LogP contribution in [0.4, 0.5) is 26.3 Å². The third-order valence-corrected chi connectivity index (χ3v) is 1.76. The largest absolute Gasteiger partial charge is 0.423 e. The molecule has 0 rings (SSSR count). The molecule has 0 heterocycles. The molecular formula is C8H10F6N2O. The zero-order valence-electron chi connectivity index (χ0n) is 8.69. The summed E-state index contributed by atoms with van der Waals surface area (Å²) in [5.41, 5.74) is 3.69. The second kappa shape index (κ2) is 5.10. The van der Waals surface area contributed by atoms with Crippen LogP contribution in [-0.4, -0.2) is 30.6 Å². The molecule has 2 N–H and O–H groups in total. The molecule has 0 saturated carbocycles. The first kappa shape index (κ1) is 16.0. The number of halogens is 6. The number of alkyl halides is 6. The van der Waals surface area contributed by atoms with Crippen molar-refractivity contribution in [2.24, 2.45) is 5.73 Å². The summed E-state index contributed by atoms with van der Waals surface area (Å²) in [5, 5.41) is 8.40. The van der Waals surface area contributed by atoms with Gasteiger partial charge in [0, 0.05) is 6.42 Å². The van der Waals surface area contributed by atoms with Crippen LogP contribution in [0.2, 0.25) is 0 Å². The van der Waals surface area contributed by atoms with E-state index in [9.17, 15) is 26.3 Å². The Balaban J connectivity index is 4.47. The highest BCUT2D eigenvalue weighted by Gasteiger charge is 2.57. The van der Waals surface area contributed by atoms with Crippen LogP contribution in [-0.2, 0) is 4.74 Å². The van der Waals surface area contributed by atoms with E-state index in [0.29, 0.717) is 0 Å².